The number of fused-ring (bicyclic) bond motifs is 1. The van der Waals surface area contributed by atoms with Crippen LogP contribution in [-0.4, -0.2) is 21.7 Å². The van der Waals surface area contributed by atoms with Crippen LogP contribution in [0.3, 0.4) is 0 Å². The molecule has 1 amide bonds. The predicted octanol–water partition coefficient (Wildman–Crippen LogP) is 3.46. The summed E-state index contributed by atoms with van der Waals surface area (Å²) in [4.78, 5) is 37.0. The van der Waals surface area contributed by atoms with E-state index >= 15 is 0 Å². The number of H-pyrrole nitrogens is 1. The molecule has 0 aliphatic heterocycles. The Balaban J connectivity index is 1.35. The fourth-order valence-corrected chi connectivity index (χ4v) is 3.97. The summed E-state index contributed by atoms with van der Waals surface area (Å²) in [5, 5.41) is 9.64. The van der Waals surface area contributed by atoms with Crippen molar-refractivity contribution in [3.05, 3.63) is 69.2 Å². The zero-order valence-corrected chi connectivity index (χ0v) is 16.8. The average Bonchev–Trinajstić information content (AvgIpc) is 2.77. The molecule has 1 aliphatic carbocycles. The quantitative estimate of drug-likeness (QED) is 0.584. The van der Waals surface area contributed by atoms with Crippen molar-refractivity contribution in [3.8, 4) is 0 Å². The van der Waals surface area contributed by atoms with Crippen LogP contribution in [0.2, 0.25) is 0 Å². The van der Waals surface area contributed by atoms with Crippen molar-refractivity contribution in [2.24, 2.45) is 0 Å². The molecule has 0 bridgehead atoms. The lowest BCUT2D eigenvalue weighted by Crippen LogP contribution is -2.31. The minimum absolute atomic E-state index is 0.0796. The smallest absolute Gasteiger partial charge is 0.273 e. The van der Waals surface area contributed by atoms with Gasteiger partial charge in [-0.2, -0.15) is 0 Å². The van der Waals surface area contributed by atoms with Gasteiger partial charge in [0.15, 0.2) is 0 Å². The number of nitrogens with zero attached hydrogens (tertiary/aromatic N) is 1. The second kappa shape index (κ2) is 8.98. The first kappa shape index (κ1) is 19.9. The van der Waals surface area contributed by atoms with Crippen LogP contribution in [0.1, 0.15) is 38.5 Å². The summed E-state index contributed by atoms with van der Waals surface area (Å²) in [6, 6.07) is 14.9. The summed E-state index contributed by atoms with van der Waals surface area (Å²) < 4.78 is 1.20. The van der Waals surface area contributed by atoms with Crippen molar-refractivity contribution in [2.45, 2.75) is 51.1 Å². The molecule has 0 atom stereocenters. The maximum absolute atomic E-state index is 12.5. The molecule has 1 heterocycles. The third-order valence-corrected chi connectivity index (χ3v) is 5.59. The van der Waals surface area contributed by atoms with Gasteiger partial charge >= 0.3 is 0 Å². The number of hydrogen-bond acceptors (Lipinski definition) is 4. The van der Waals surface area contributed by atoms with E-state index in [2.05, 4.69) is 15.7 Å². The number of aromatic nitrogens is 2. The van der Waals surface area contributed by atoms with Crippen LogP contribution < -0.4 is 21.8 Å². The second-order valence-electron chi connectivity index (χ2n) is 7.80. The van der Waals surface area contributed by atoms with Crippen LogP contribution in [0, 0.1) is 0 Å². The van der Waals surface area contributed by atoms with Crippen molar-refractivity contribution >= 4 is 28.1 Å². The molecule has 0 spiro atoms. The Bertz CT molecular complexity index is 1140. The molecule has 3 aromatic rings. The summed E-state index contributed by atoms with van der Waals surface area (Å²) in [7, 11) is 0. The normalized spacial score (nSPS) is 14.5. The second-order valence-corrected chi connectivity index (χ2v) is 7.80. The largest absolute Gasteiger partial charge is 0.382 e. The Morgan fingerprint density at radius 2 is 1.60 bits per heavy atom. The molecule has 3 N–H and O–H groups in total. The van der Waals surface area contributed by atoms with Crippen LogP contribution in [0.5, 0.6) is 0 Å². The van der Waals surface area contributed by atoms with Crippen LogP contribution in [0.4, 0.5) is 11.4 Å². The van der Waals surface area contributed by atoms with Gasteiger partial charge in [0.05, 0.1) is 17.3 Å². The number of aromatic amines is 1. The number of rotatable bonds is 6. The van der Waals surface area contributed by atoms with Gasteiger partial charge in [-0.25, -0.2) is 4.68 Å². The summed E-state index contributed by atoms with van der Waals surface area (Å²) in [6.07, 6.45) is 6.36. The molecule has 1 fully saturated rings. The molecule has 0 unspecified atom stereocenters. The lowest BCUT2D eigenvalue weighted by molar-refractivity contribution is -0.116. The van der Waals surface area contributed by atoms with Crippen molar-refractivity contribution < 1.29 is 4.79 Å². The lowest BCUT2D eigenvalue weighted by Gasteiger charge is -2.23. The van der Waals surface area contributed by atoms with Gasteiger partial charge in [0.1, 0.15) is 0 Å². The van der Waals surface area contributed by atoms with Crippen molar-refractivity contribution in [1.29, 1.82) is 0 Å². The number of benzene rings is 2. The molecule has 0 radical (unpaired) electrons. The highest BCUT2D eigenvalue weighted by Gasteiger charge is 2.13. The maximum Gasteiger partial charge on any atom is 0.273 e. The van der Waals surface area contributed by atoms with Gasteiger partial charge in [-0.1, -0.05) is 31.4 Å². The first-order chi connectivity index (χ1) is 14.6. The Morgan fingerprint density at radius 3 is 2.33 bits per heavy atom. The van der Waals surface area contributed by atoms with E-state index in [4.69, 9.17) is 0 Å². The molecule has 0 saturated heterocycles. The SMILES string of the molecule is O=C(CCn1[nH]c(=O)c2ccccc2c1=O)Nc1ccc(NC2CCCCC2)cc1. The topological polar surface area (TPSA) is 96.0 Å². The highest BCUT2D eigenvalue weighted by Crippen LogP contribution is 2.22. The molecular formula is C23H26N4O3. The molecule has 1 saturated carbocycles. The lowest BCUT2D eigenvalue weighted by atomic mass is 9.95. The first-order valence-electron chi connectivity index (χ1n) is 10.5. The van der Waals surface area contributed by atoms with E-state index in [1.165, 1.54) is 36.8 Å². The molecule has 7 heteroatoms. The van der Waals surface area contributed by atoms with Crippen LogP contribution in [-0.2, 0) is 11.3 Å². The fraction of sp³-hybridized carbons (Fsp3) is 0.348. The highest BCUT2D eigenvalue weighted by molar-refractivity contribution is 5.90. The Hall–Kier alpha value is -3.35. The maximum atomic E-state index is 12.5. The molecule has 156 valence electrons. The molecule has 30 heavy (non-hydrogen) atoms. The Labute approximate surface area is 174 Å². The molecular weight excluding hydrogens is 380 g/mol. The number of amides is 1. The van der Waals surface area contributed by atoms with Gasteiger partial charge in [0.25, 0.3) is 11.1 Å². The minimum Gasteiger partial charge on any atom is -0.382 e. The van der Waals surface area contributed by atoms with Gasteiger partial charge in [0, 0.05) is 23.8 Å². The zero-order chi connectivity index (χ0) is 20.9. The molecule has 1 aliphatic rings. The first-order valence-corrected chi connectivity index (χ1v) is 10.5. The number of carbonyl (C=O) groups excluding carboxylic acids is 1. The monoisotopic (exact) mass is 406 g/mol. The third kappa shape index (κ3) is 4.62. The van der Waals surface area contributed by atoms with Crippen molar-refractivity contribution in [1.82, 2.24) is 9.78 Å². The average molecular weight is 406 g/mol. The van der Waals surface area contributed by atoms with Crippen LogP contribution in [0.25, 0.3) is 10.8 Å². The van der Waals surface area contributed by atoms with E-state index < -0.39 is 0 Å². The number of anilines is 2. The fourth-order valence-electron chi connectivity index (χ4n) is 3.97. The third-order valence-electron chi connectivity index (χ3n) is 5.59. The van der Waals surface area contributed by atoms with Crippen molar-refractivity contribution in [2.75, 3.05) is 10.6 Å². The number of carbonyl (C=O) groups is 1. The highest BCUT2D eigenvalue weighted by atomic mass is 16.2. The van der Waals surface area contributed by atoms with E-state index in [0.717, 1.165) is 5.69 Å². The molecule has 1 aromatic heterocycles. The van der Waals surface area contributed by atoms with Gasteiger partial charge in [0.2, 0.25) is 5.91 Å². The zero-order valence-electron chi connectivity index (χ0n) is 16.8. The summed E-state index contributed by atoms with van der Waals surface area (Å²) in [5.74, 6) is -0.219. The summed E-state index contributed by atoms with van der Waals surface area (Å²) >= 11 is 0. The van der Waals surface area contributed by atoms with Gasteiger partial charge in [-0.3, -0.25) is 19.5 Å². The van der Waals surface area contributed by atoms with E-state index in [9.17, 15) is 14.4 Å². The molecule has 7 nitrogen and oxygen atoms in total. The van der Waals surface area contributed by atoms with Crippen LogP contribution in [0.15, 0.2) is 58.1 Å². The predicted molar refractivity (Wildman–Crippen MR) is 119 cm³/mol. The standard InChI is InChI=1S/C23H26N4O3/c28-21(14-15-27-23(30)20-9-5-4-8-19(20)22(29)26-27)25-18-12-10-17(11-13-18)24-16-6-2-1-3-7-16/h4-5,8-13,16,24H,1-3,6-7,14-15H2,(H,25,28)(H,26,29). The van der Waals surface area contributed by atoms with Crippen molar-refractivity contribution in [3.63, 3.8) is 0 Å². The van der Waals surface area contributed by atoms with Crippen LogP contribution >= 0.6 is 0 Å². The van der Waals surface area contributed by atoms with E-state index in [0.29, 0.717) is 22.5 Å². The summed E-state index contributed by atoms with van der Waals surface area (Å²) in [6.45, 7) is 0.103. The molecule has 2 aromatic carbocycles. The number of nitrogens with one attached hydrogen (secondary N) is 3. The van der Waals surface area contributed by atoms with E-state index in [-0.39, 0.29) is 30.0 Å². The number of aryl methyl sites for hydroxylation is 1. The van der Waals surface area contributed by atoms with E-state index in [1.54, 1.807) is 24.3 Å². The molecule has 4 rings (SSSR count). The van der Waals surface area contributed by atoms with Gasteiger partial charge in [-0.05, 0) is 49.2 Å². The Morgan fingerprint density at radius 1 is 0.933 bits per heavy atom. The van der Waals surface area contributed by atoms with Gasteiger partial charge in [-0.15, -0.1) is 0 Å². The van der Waals surface area contributed by atoms with E-state index in [1.807, 2.05) is 24.3 Å². The number of hydrogen-bond donors (Lipinski definition) is 3. The Kier molecular flexibility index (Phi) is 5.97. The van der Waals surface area contributed by atoms with Gasteiger partial charge < -0.3 is 10.6 Å². The minimum atomic E-state index is -0.341. The summed E-state index contributed by atoms with van der Waals surface area (Å²) in [5.41, 5.74) is 1.11.